The summed E-state index contributed by atoms with van der Waals surface area (Å²) in [5.74, 6) is -0.228. The molecule has 0 bridgehead atoms. The first-order valence-electron chi connectivity index (χ1n) is 5.96. The van der Waals surface area contributed by atoms with Crippen LogP contribution in [0.5, 0.6) is 11.5 Å². The number of aliphatic hydroxyl groups excluding tert-OH is 1. The van der Waals surface area contributed by atoms with Gasteiger partial charge in [-0.25, -0.2) is 4.79 Å². The van der Waals surface area contributed by atoms with Crippen molar-refractivity contribution < 1.29 is 24.5 Å². The summed E-state index contributed by atoms with van der Waals surface area (Å²) in [6.07, 6.45) is -1.58. The fraction of sp³-hybridized carbons (Fsp3) is 0.462. The molecule has 104 valence electrons. The molecule has 2 rings (SSSR count). The number of rotatable bonds is 3. The molecule has 1 aliphatic rings. The summed E-state index contributed by atoms with van der Waals surface area (Å²) in [5, 5.41) is 18.8. The Morgan fingerprint density at radius 1 is 1.37 bits per heavy atom. The number of carbonyl (C=O) groups is 1. The van der Waals surface area contributed by atoms with Gasteiger partial charge in [0.25, 0.3) is 0 Å². The Morgan fingerprint density at radius 2 is 2.00 bits per heavy atom. The van der Waals surface area contributed by atoms with Gasteiger partial charge in [0.2, 0.25) is 0 Å². The molecule has 19 heavy (non-hydrogen) atoms. The van der Waals surface area contributed by atoms with E-state index in [9.17, 15) is 9.90 Å². The Morgan fingerprint density at radius 3 is 2.58 bits per heavy atom. The van der Waals surface area contributed by atoms with Crippen molar-refractivity contribution in [1.29, 1.82) is 0 Å². The van der Waals surface area contributed by atoms with E-state index in [-0.39, 0.29) is 5.92 Å². The summed E-state index contributed by atoms with van der Waals surface area (Å²) < 4.78 is 11.6. The Bertz CT molecular complexity index is 512. The lowest BCUT2D eigenvalue weighted by atomic mass is 9.93. The monoisotopic (exact) mass is 330 g/mol. The third kappa shape index (κ3) is 2.55. The molecule has 0 aliphatic carbocycles. The quantitative estimate of drug-likeness (QED) is 0.890. The average molecular weight is 331 g/mol. The minimum Gasteiger partial charge on any atom is -0.486 e. The number of aliphatic carboxylic acids is 1. The molecule has 1 unspecified atom stereocenters. The predicted molar refractivity (Wildman–Crippen MR) is 71.8 cm³/mol. The molecule has 0 aromatic heterocycles. The van der Waals surface area contributed by atoms with Gasteiger partial charge in [0, 0.05) is 5.56 Å². The molecule has 5 nitrogen and oxygen atoms in total. The first-order valence-corrected chi connectivity index (χ1v) is 6.75. The third-order valence-corrected chi connectivity index (χ3v) is 3.74. The predicted octanol–water partition coefficient (Wildman–Crippen LogP) is 2.46. The van der Waals surface area contributed by atoms with Crippen LogP contribution in [0.3, 0.4) is 0 Å². The summed E-state index contributed by atoms with van der Waals surface area (Å²) in [5.41, 5.74) is 1.05. The van der Waals surface area contributed by atoms with Gasteiger partial charge in [0.1, 0.15) is 13.2 Å². The lowest BCUT2D eigenvalue weighted by molar-refractivity contribution is -0.147. The lowest BCUT2D eigenvalue weighted by Crippen LogP contribution is -2.19. The summed E-state index contributed by atoms with van der Waals surface area (Å²) in [4.78, 5) is 11.0. The van der Waals surface area contributed by atoms with Crippen LogP contribution in [-0.2, 0) is 4.79 Å². The maximum absolute atomic E-state index is 11.0. The van der Waals surface area contributed by atoms with E-state index in [1.165, 1.54) is 0 Å². The largest absolute Gasteiger partial charge is 0.486 e. The molecule has 1 heterocycles. The van der Waals surface area contributed by atoms with Crippen molar-refractivity contribution in [3.05, 3.63) is 21.7 Å². The standard InChI is InChI=1S/C13H15BrO5/c1-6(2)9-7(11(15)13(16)17)5-8-12(10(9)14)19-4-3-18-8/h5-6,11,15H,3-4H2,1-2H3,(H,16,17). The first kappa shape index (κ1) is 14.1. The molecule has 1 aromatic carbocycles. The second-order valence-electron chi connectivity index (χ2n) is 4.61. The van der Waals surface area contributed by atoms with Crippen molar-refractivity contribution in [2.75, 3.05) is 13.2 Å². The van der Waals surface area contributed by atoms with Crippen LogP contribution in [0.1, 0.15) is 37.0 Å². The van der Waals surface area contributed by atoms with E-state index in [1.54, 1.807) is 6.07 Å². The van der Waals surface area contributed by atoms with Crippen molar-refractivity contribution in [2.24, 2.45) is 0 Å². The molecule has 1 aliphatic heterocycles. The van der Waals surface area contributed by atoms with Gasteiger partial charge < -0.3 is 19.7 Å². The minimum absolute atomic E-state index is 0.0363. The molecule has 0 saturated carbocycles. The van der Waals surface area contributed by atoms with Gasteiger partial charge in [-0.3, -0.25) is 0 Å². The Kier molecular flexibility index (Phi) is 4.01. The smallest absolute Gasteiger partial charge is 0.337 e. The summed E-state index contributed by atoms with van der Waals surface area (Å²) in [7, 11) is 0. The lowest BCUT2D eigenvalue weighted by Gasteiger charge is -2.25. The van der Waals surface area contributed by atoms with E-state index in [0.29, 0.717) is 34.7 Å². The van der Waals surface area contributed by atoms with E-state index in [1.807, 2.05) is 13.8 Å². The highest BCUT2D eigenvalue weighted by molar-refractivity contribution is 9.10. The Hall–Kier alpha value is -1.27. The molecule has 0 amide bonds. The van der Waals surface area contributed by atoms with E-state index in [2.05, 4.69) is 15.9 Å². The van der Waals surface area contributed by atoms with Crippen molar-refractivity contribution in [1.82, 2.24) is 0 Å². The molecule has 1 atom stereocenters. The van der Waals surface area contributed by atoms with Crippen molar-refractivity contribution in [3.8, 4) is 11.5 Å². The Balaban J connectivity index is 2.64. The average Bonchev–Trinajstić information content (AvgIpc) is 2.37. The number of carboxylic acids is 1. The second kappa shape index (κ2) is 5.38. The topological polar surface area (TPSA) is 76.0 Å². The normalized spacial score (nSPS) is 15.4. The van der Waals surface area contributed by atoms with Crippen LogP contribution in [0.15, 0.2) is 10.5 Å². The zero-order valence-electron chi connectivity index (χ0n) is 10.6. The molecule has 0 radical (unpaired) electrons. The van der Waals surface area contributed by atoms with Crippen LogP contribution in [0.4, 0.5) is 0 Å². The number of benzene rings is 1. The highest BCUT2D eigenvalue weighted by Crippen LogP contribution is 2.45. The molecule has 1 aromatic rings. The van der Waals surface area contributed by atoms with Gasteiger partial charge in [-0.15, -0.1) is 0 Å². The fourth-order valence-corrected chi connectivity index (χ4v) is 3.12. The van der Waals surface area contributed by atoms with Crippen LogP contribution in [0.2, 0.25) is 0 Å². The second-order valence-corrected chi connectivity index (χ2v) is 5.41. The third-order valence-electron chi connectivity index (χ3n) is 2.95. The van der Waals surface area contributed by atoms with Gasteiger partial charge >= 0.3 is 5.97 Å². The molecule has 2 N–H and O–H groups in total. The van der Waals surface area contributed by atoms with Gasteiger partial charge in [0.15, 0.2) is 17.6 Å². The fourth-order valence-electron chi connectivity index (χ4n) is 2.12. The SMILES string of the molecule is CC(C)c1c(C(O)C(=O)O)cc2c(c1Br)OCCO2. The van der Waals surface area contributed by atoms with Crippen LogP contribution >= 0.6 is 15.9 Å². The maximum atomic E-state index is 11.0. The molecule has 0 saturated heterocycles. The maximum Gasteiger partial charge on any atom is 0.337 e. The van der Waals surface area contributed by atoms with Crippen molar-refractivity contribution in [3.63, 3.8) is 0 Å². The summed E-state index contributed by atoms with van der Waals surface area (Å²) >= 11 is 3.43. The van der Waals surface area contributed by atoms with Gasteiger partial charge in [-0.05, 0) is 33.5 Å². The highest BCUT2D eigenvalue weighted by atomic mass is 79.9. The van der Waals surface area contributed by atoms with Gasteiger partial charge in [0.05, 0.1) is 4.47 Å². The van der Waals surface area contributed by atoms with Crippen LogP contribution in [0, 0.1) is 0 Å². The molecular weight excluding hydrogens is 316 g/mol. The van der Waals surface area contributed by atoms with Crippen LogP contribution in [-0.4, -0.2) is 29.4 Å². The zero-order valence-corrected chi connectivity index (χ0v) is 12.2. The van der Waals surface area contributed by atoms with E-state index in [0.717, 1.165) is 5.56 Å². The van der Waals surface area contributed by atoms with E-state index < -0.39 is 12.1 Å². The number of halogens is 1. The molecule has 0 fully saturated rings. The van der Waals surface area contributed by atoms with E-state index >= 15 is 0 Å². The molecule has 0 spiro atoms. The number of hydrogen-bond donors (Lipinski definition) is 2. The highest BCUT2D eigenvalue weighted by Gasteiger charge is 2.28. The number of fused-ring (bicyclic) bond motifs is 1. The zero-order chi connectivity index (χ0) is 14.2. The van der Waals surface area contributed by atoms with Gasteiger partial charge in [-0.1, -0.05) is 13.8 Å². The number of hydrogen-bond acceptors (Lipinski definition) is 4. The summed E-state index contributed by atoms with van der Waals surface area (Å²) in [6.45, 7) is 4.70. The first-order chi connectivity index (χ1) is 8.93. The van der Waals surface area contributed by atoms with Crippen LogP contribution in [0.25, 0.3) is 0 Å². The van der Waals surface area contributed by atoms with Crippen LogP contribution < -0.4 is 9.47 Å². The number of ether oxygens (including phenoxy) is 2. The Labute approximate surface area is 119 Å². The molecular formula is C13H15BrO5. The number of carboxylic acid groups (broad SMARTS) is 1. The van der Waals surface area contributed by atoms with E-state index in [4.69, 9.17) is 14.6 Å². The van der Waals surface area contributed by atoms with Crippen molar-refractivity contribution >= 4 is 21.9 Å². The molecule has 6 heteroatoms. The number of aliphatic hydroxyl groups is 1. The van der Waals surface area contributed by atoms with Crippen molar-refractivity contribution in [2.45, 2.75) is 25.9 Å². The summed E-state index contributed by atoms with van der Waals surface area (Å²) in [6, 6.07) is 1.55. The van der Waals surface area contributed by atoms with Gasteiger partial charge in [-0.2, -0.15) is 0 Å². The minimum atomic E-state index is -1.58.